The summed E-state index contributed by atoms with van der Waals surface area (Å²) in [6.07, 6.45) is 1.76. The van der Waals surface area contributed by atoms with Crippen LogP contribution >= 0.6 is 11.6 Å². The molecular weight excluding hydrogens is 220 g/mol. The maximum Gasteiger partial charge on any atom is 0.101 e. The molecule has 2 aromatic rings. The molecule has 0 N–H and O–H groups in total. The maximum atomic E-state index is 8.92. The van der Waals surface area contributed by atoms with E-state index in [2.05, 4.69) is 11.1 Å². The van der Waals surface area contributed by atoms with Gasteiger partial charge in [0, 0.05) is 16.8 Å². The molecular formula is C13H9ClN2. The minimum atomic E-state index is 0.604. The molecule has 1 aromatic heterocycles. The molecule has 2 rings (SSSR count). The molecule has 16 heavy (non-hydrogen) atoms. The van der Waals surface area contributed by atoms with E-state index in [9.17, 15) is 0 Å². The van der Waals surface area contributed by atoms with Gasteiger partial charge in [-0.05, 0) is 30.7 Å². The normalized spacial score (nSPS) is 9.81. The summed E-state index contributed by atoms with van der Waals surface area (Å²) in [5.41, 5.74) is 3.29. The smallest absolute Gasteiger partial charge is 0.101 e. The van der Waals surface area contributed by atoms with E-state index in [4.69, 9.17) is 16.9 Å². The van der Waals surface area contributed by atoms with Crippen LogP contribution in [0.15, 0.2) is 36.5 Å². The fourth-order valence-electron chi connectivity index (χ4n) is 1.45. The number of hydrogen-bond donors (Lipinski definition) is 0. The van der Waals surface area contributed by atoms with Crippen molar-refractivity contribution < 1.29 is 0 Å². The third-order valence-electron chi connectivity index (χ3n) is 2.38. The van der Waals surface area contributed by atoms with Gasteiger partial charge in [0.05, 0.1) is 11.3 Å². The van der Waals surface area contributed by atoms with Crippen molar-refractivity contribution in [1.29, 1.82) is 5.26 Å². The average molecular weight is 229 g/mol. The zero-order valence-corrected chi connectivity index (χ0v) is 9.49. The van der Waals surface area contributed by atoms with Crippen LogP contribution in [-0.2, 0) is 0 Å². The molecule has 3 heteroatoms. The van der Waals surface area contributed by atoms with Crippen molar-refractivity contribution in [2.75, 3.05) is 0 Å². The first-order valence-corrected chi connectivity index (χ1v) is 5.21. The molecule has 0 atom stereocenters. The number of aryl methyl sites for hydroxylation is 1. The van der Waals surface area contributed by atoms with E-state index in [1.807, 2.05) is 37.3 Å². The summed E-state index contributed by atoms with van der Waals surface area (Å²) in [6.45, 7) is 1.82. The Bertz CT molecular complexity index is 553. The van der Waals surface area contributed by atoms with Crippen LogP contribution in [-0.4, -0.2) is 4.98 Å². The SMILES string of the molecule is Cc1ncc(-c2ccc(Cl)cc2)cc1C#N. The highest BCUT2D eigenvalue weighted by atomic mass is 35.5. The molecule has 1 heterocycles. The quantitative estimate of drug-likeness (QED) is 0.748. The molecule has 0 amide bonds. The Labute approximate surface area is 99.1 Å². The highest BCUT2D eigenvalue weighted by Crippen LogP contribution is 2.22. The Hall–Kier alpha value is -1.85. The standard InChI is InChI=1S/C13H9ClN2/c1-9-11(7-15)6-12(8-16-9)10-2-4-13(14)5-3-10/h2-6,8H,1H3. The molecule has 0 radical (unpaired) electrons. The molecule has 0 bridgehead atoms. The van der Waals surface area contributed by atoms with Gasteiger partial charge in [-0.15, -0.1) is 0 Å². The number of benzene rings is 1. The van der Waals surface area contributed by atoms with Gasteiger partial charge >= 0.3 is 0 Å². The van der Waals surface area contributed by atoms with E-state index in [0.29, 0.717) is 10.6 Å². The van der Waals surface area contributed by atoms with E-state index >= 15 is 0 Å². The fourth-order valence-corrected chi connectivity index (χ4v) is 1.57. The minimum Gasteiger partial charge on any atom is -0.260 e. The van der Waals surface area contributed by atoms with Crippen molar-refractivity contribution in [2.24, 2.45) is 0 Å². The van der Waals surface area contributed by atoms with Gasteiger partial charge in [-0.2, -0.15) is 5.26 Å². The molecule has 0 saturated heterocycles. The van der Waals surface area contributed by atoms with Crippen LogP contribution in [0.1, 0.15) is 11.3 Å². The number of halogens is 1. The molecule has 1 aromatic carbocycles. The third kappa shape index (κ3) is 2.05. The second-order valence-electron chi connectivity index (χ2n) is 3.48. The first kappa shape index (κ1) is 10.7. The van der Waals surface area contributed by atoms with Gasteiger partial charge in [0.1, 0.15) is 6.07 Å². The van der Waals surface area contributed by atoms with Crippen LogP contribution in [0.4, 0.5) is 0 Å². The summed E-state index contributed by atoms with van der Waals surface area (Å²) >= 11 is 5.81. The van der Waals surface area contributed by atoms with Gasteiger partial charge in [0.25, 0.3) is 0 Å². The predicted octanol–water partition coefficient (Wildman–Crippen LogP) is 3.58. The number of pyridine rings is 1. The van der Waals surface area contributed by atoms with Crippen LogP contribution < -0.4 is 0 Å². The number of nitriles is 1. The highest BCUT2D eigenvalue weighted by molar-refractivity contribution is 6.30. The Kier molecular flexibility index (Phi) is 2.89. The lowest BCUT2D eigenvalue weighted by Crippen LogP contribution is -1.89. The zero-order chi connectivity index (χ0) is 11.5. The Morgan fingerprint density at radius 2 is 1.88 bits per heavy atom. The molecule has 0 fully saturated rings. The van der Waals surface area contributed by atoms with E-state index in [0.717, 1.165) is 16.8 Å². The molecule has 0 saturated carbocycles. The fraction of sp³-hybridized carbons (Fsp3) is 0.0769. The first-order chi connectivity index (χ1) is 7.70. The minimum absolute atomic E-state index is 0.604. The lowest BCUT2D eigenvalue weighted by atomic mass is 10.1. The predicted molar refractivity (Wildman–Crippen MR) is 64.1 cm³/mol. The van der Waals surface area contributed by atoms with E-state index in [1.54, 1.807) is 6.20 Å². The summed E-state index contributed by atoms with van der Waals surface area (Å²) in [7, 11) is 0. The van der Waals surface area contributed by atoms with Crippen LogP contribution in [0.2, 0.25) is 5.02 Å². The maximum absolute atomic E-state index is 8.92. The van der Waals surface area contributed by atoms with Crippen LogP contribution in [0.25, 0.3) is 11.1 Å². The van der Waals surface area contributed by atoms with Crippen LogP contribution in [0.3, 0.4) is 0 Å². The molecule has 78 valence electrons. The highest BCUT2D eigenvalue weighted by Gasteiger charge is 2.03. The Morgan fingerprint density at radius 3 is 2.50 bits per heavy atom. The summed E-state index contributed by atoms with van der Waals surface area (Å²) in [5.74, 6) is 0. The Balaban J connectivity index is 2.49. The Morgan fingerprint density at radius 1 is 1.19 bits per heavy atom. The van der Waals surface area contributed by atoms with Gasteiger partial charge in [-0.1, -0.05) is 23.7 Å². The second kappa shape index (κ2) is 4.34. The van der Waals surface area contributed by atoms with Crippen molar-refractivity contribution in [1.82, 2.24) is 4.98 Å². The van der Waals surface area contributed by atoms with Gasteiger partial charge in [0.2, 0.25) is 0 Å². The molecule has 2 nitrogen and oxygen atoms in total. The summed E-state index contributed by atoms with van der Waals surface area (Å²) < 4.78 is 0. The summed E-state index contributed by atoms with van der Waals surface area (Å²) in [6, 6.07) is 11.4. The topological polar surface area (TPSA) is 36.7 Å². The molecule has 0 aliphatic rings. The number of rotatable bonds is 1. The third-order valence-corrected chi connectivity index (χ3v) is 2.64. The van der Waals surface area contributed by atoms with Crippen molar-refractivity contribution in [2.45, 2.75) is 6.92 Å². The van der Waals surface area contributed by atoms with E-state index in [1.165, 1.54) is 0 Å². The van der Waals surface area contributed by atoms with Crippen LogP contribution in [0, 0.1) is 18.3 Å². The van der Waals surface area contributed by atoms with Gasteiger partial charge in [0.15, 0.2) is 0 Å². The van der Waals surface area contributed by atoms with E-state index in [-0.39, 0.29) is 0 Å². The number of aromatic nitrogens is 1. The zero-order valence-electron chi connectivity index (χ0n) is 8.74. The van der Waals surface area contributed by atoms with Crippen LogP contribution in [0.5, 0.6) is 0 Å². The molecule has 0 aliphatic carbocycles. The van der Waals surface area contributed by atoms with Crippen molar-refractivity contribution in [3.05, 3.63) is 52.8 Å². The number of hydrogen-bond acceptors (Lipinski definition) is 2. The monoisotopic (exact) mass is 228 g/mol. The molecule has 0 unspecified atom stereocenters. The number of nitrogens with zero attached hydrogens (tertiary/aromatic N) is 2. The summed E-state index contributed by atoms with van der Waals surface area (Å²) in [4.78, 5) is 4.19. The largest absolute Gasteiger partial charge is 0.260 e. The lowest BCUT2D eigenvalue weighted by molar-refractivity contribution is 1.18. The summed E-state index contributed by atoms with van der Waals surface area (Å²) in [5, 5.41) is 9.62. The molecule has 0 spiro atoms. The van der Waals surface area contributed by atoms with E-state index < -0.39 is 0 Å². The lowest BCUT2D eigenvalue weighted by Gasteiger charge is -2.03. The van der Waals surface area contributed by atoms with Crippen molar-refractivity contribution >= 4 is 11.6 Å². The average Bonchev–Trinajstić information content (AvgIpc) is 2.31. The second-order valence-corrected chi connectivity index (χ2v) is 3.91. The molecule has 0 aliphatic heterocycles. The van der Waals surface area contributed by atoms with Crippen molar-refractivity contribution in [3.63, 3.8) is 0 Å². The first-order valence-electron chi connectivity index (χ1n) is 4.83. The van der Waals surface area contributed by atoms with Gasteiger partial charge in [-0.25, -0.2) is 0 Å². The van der Waals surface area contributed by atoms with Gasteiger partial charge in [-0.3, -0.25) is 4.98 Å². The van der Waals surface area contributed by atoms with Gasteiger partial charge < -0.3 is 0 Å². The van der Waals surface area contributed by atoms with Crippen molar-refractivity contribution in [3.8, 4) is 17.2 Å².